The van der Waals surface area contributed by atoms with Gasteiger partial charge in [0, 0.05) is 5.69 Å². The molecule has 2 rings (SSSR count). The van der Waals surface area contributed by atoms with Crippen molar-refractivity contribution in [3.8, 4) is 0 Å². The zero-order valence-corrected chi connectivity index (χ0v) is 7.73. The third-order valence-electron chi connectivity index (χ3n) is 2.10. The maximum Gasteiger partial charge on any atom is 0.105 e. The first kappa shape index (κ1) is 7.22. The van der Waals surface area contributed by atoms with Crippen LogP contribution in [0.1, 0.15) is 24.2 Å². The summed E-state index contributed by atoms with van der Waals surface area (Å²) in [5, 5.41) is 4.38. The Morgan fingerprint density at radius 1 is 1.55 bits per heavy atom. The van der Waals surface area contributed by atoms with Gasteiger partial charge in [-0.15, -0.1) is 12.6 Å². The summed E-state index contributed by atoms with van der Waals surface area (Å²) >= 11 is 4.54. The second-order valence-electron chi connectivity index (χ2n) is 3.32. The fourth-order valence-electron chi connectivity index (χ4n) is 1.37. The number of rotatable bonds is 1. The van der Waals surface area contributed by atoms with E-state index in [9.17, 15) is 0 Å². The van der Waals surface area contributed by atoms with Crippen molar-refractivity contribution in [1.29, 1.82) is 0 Å². The molecule has 0 radical (unpaired) electrons. The molecule has 1 aromatic rings. The predicted octanol–water partition coefficient (Wildman–Crippen LogP) is 1.88. The fraction of sp³-hybridized carbons (Fsp3) is 0.625. The number of aryl methyl sites for hydroxylation is 2. The molecule has 1 saturated carbocycles. The van der Waals surface area contributed by atoms with Crippen LogP contribution in [0.25, 0.3) is 0 Å². The second kappa shape index (κ2) is 2.03. The summed E-state index contributed by atoms with van der Waals surface area (Å²) in [5.74, 6) is 0. The maximum atomic E-state index is 4.54. The molecule has 1 aliphatic rings. The van der Waals surface area contributed by atoms with Crippen molar-refractivity contribution < 1.29 is 0 Å². The highest BCUT2D eigenvalue weighted by Gasteiger charge is 2.42. The summed E-state index contributed by atoms with van der Waals surface area (Å²) in [6, 6.07) is 2.09. The molecule has 0 amide bonds. The fourth-order valence-corrected chi connectivity index (χ4v) is 1.69. The Morgan fingerprint density at radius 2 is 2.18 bits per heavy atom. The second-order valence-corrected chi connectivity index (χ2v) is 4.15. The van der Waals surface area contributed by atoms with Crippen LogP contribution >= 0.6 is 12.6 Å². The number of nitrogens with zero attached hydrogens (tertiary/aromatic N) is 2. The molecule has 0 N–H and O–H groups in total. The Bertz CT molecular complexity index is 286. The molecule has 1 heterocycles. The van der Waals surface area contributed by atoms with Gasteiger partial charge in [0.15, 0.2) is 0 Å². The van der Waals surface area contributed by atoms with Crippen molar-refractivity contribution in [2.24, 2.45) is 0 Å². The third-order valence-corrected chi connectivity index (χ3v) is 2.74. The lowest BCUT2D eigenvalue weighted by atomic mass is 10.4. The average Bonchev–Trinajstić information content (AvgIpc) is 2.55. The molecule has 2 nitrogen and oxygen atoms in total. The van der Waals surface area contributed by atoms with Crippen LogP contribution in [0.2, 0.25) is 0 Å². The molecule has 0 aliphatic heterocycles. The average molecular weight is 168 g/mol. The van der Waals surface area contributed by atoms with E-state index in [1.54, 1.807) is 0 Å². The molecule has 0 aromatic carbocycles. The van der Waals surface area contributed by atoms with E-state index in [2.05, 4.69) is 30.7 Å². The molecular formula is C8H12N2S. The van der Waals surface area contributed by atoms with Crippen molar-refractivity contribution >= 4 is 12.6 Å². The van der Waals surface area contributed by atoms with Gasteiger partial charge in [0.05, 0.1) is 5.69 Å². The number of hydrogen-bond acceptors (Lipinski definition) is 2. The Balaban J connectivity index is 2.44. The highest BCUT2D eigenvalue weighted by molar-refractivity contribution is 7.81. The van der Waals surface area contributed by atoms with E-state index in [1.165, 1.54) is 5.69 Å². The molecule has 0 bridgehead atoms. The van der Waals surface area contributed by atoms with Crippen molar-refractivity contribution in [1.82, 2.24) is 9.78 Å². The summed E-state index contributed by atoms with van der Waals surface area (Å²) < 4.78 is 2.03. The van der Waals surface area contributed by atoms with Gasteiger partial charge in [0.2, 0.25) is 0 Å². The van der Waals surface area contributed by atoms with Crippen LogP contribution in [0, 0.1) is 13.8 Å². The highest BCUT2D eigenvalue weighted by Crippen LogP contribution is 2.47. The topological polar surface area (TPSA) is 17.8 Å². The van der Waals surface area contributed by atoms with Crippen molar-refractivity contribution in [3.63, 3.8) is 0 Å². The van der Waals surface area contributed by atoms with E-state index in [1.807, 2.05) is 11.6 Å². The van der Waals surface area contributed by atoms with Crippen molar-refractivity contribution in [2.45, 2.75) is 31.6 Å². The van der Waals surface area contributed by atoms with Crippen LogP contribution in [0.5, 0.6) is 0 Å². The van der Waals surface area contributed by atoms with E-state index in [4.69, 9.17) is 0 Å². The van der Waals surface area contributed by atoms with Gasteiger partial charge in [0.1, 0.15) is 4.87 Å². The van der Waals surface area contributed by atoms with Crippen LogP contribution in [-0.2, 0) is 4.87 Å². The lowest BCUT2D eigenvalue weighted by Gasteiger charge is -2.09. The molecule has 0 atom stereocenters. The van der Waals surface area contributed by atoms with Gasteiger partial charge in [-0.3, -0.25) is 4.68 Å². The predicted molar refractivity (Wildman–Crippen MR) is 47.9 cm³/mol. The zero-order chi connectivity index (χ0) is 8.06. The summed E-state index contributed by atoms with van der Waals surface area (Å²) in [6.45, 7) is 4.10. The third kappa shape index (κ3) is 1.07. The number of aromatic nitrogens is 2. The van der Waals surface area contributed by atoms with Gasteiger partial charge in [-0.1, -0.05) is 0 Å². The minimum absolute atomic E-state index is 0.0539. The zero-order valence-electron chi connectivity index (χ0n) is 6.83. The highest BCUT2D eigenvalue weighted by atomic mass is 32.1. The first-order valence-corrected chi connectivity index (χ1v) is 4.33. The number of hydrogen-bond donors (Lipinski definition) is 1. The summed E-state index contributed by atoms with van der Waals surface area (Å²) in [4.78, 5) is 0.0539. The Hall–Kier alpha value is -0.440. The Morgan fingerprint density at radius 3 is 2.55 bits per heavy atom. The van der Waals surface area contributed by atoms with Gasteiger partial charge in [0.25, 0.3) is 0 Å². The Kier molecular flexibility index (Phi) is 1.34. The summed E-state index contributed by atoms with van der Waals surface area (Å²) in [7, 11) is 0. The van der Waals surface area contributed by atoms with Crippen LogP contribution in [0.4, 0.5) is 0 Å². The molecule has 1 fully saturated rings. The number of thiol groups is 1. The summed E-state index contributed by atoms with van der Waals surface area (Å²) in [6.07, 6.45) is 2.30. The van der Waals surface area contributed by atoms with Crippen LogP contribution in [-0.4, -0.2) is 9.78 Å². The molecule has 3 heteroatoms. The van der Waals surface area contributed by atoms with E-state index in [0.29, 0.717) is 0 Å². The first-order chi connectivity index (χ1) is 5.12. The Labute approximate surface area is 72.0 Å². The van der Waals surface area contributed by atoms with E-state index in [0.717, 1.165) is 18.5 Å². The van der Waals surface area contributed by atoms with E-state index < -0.39 is 0 Å². The largest absolute Gasteiger partial charge is 0.254 e. The minimum atomic E-state index is 0.0539. The van der Waals surface area contributed by atoms with Crippen LogP contribution < -0.4 is 0 Å². The smallest absolute Gasteiger partial charge is 0.105 e. The first-order valence-electron chi connectivity index (χ1n) is 3.88. The molecule has 1 aromatic heterocycles. The monoisotopic (exact) mass is 168 g/mol. The molecule has 0 spiro atoms. The van der Waals surface area contributed by atoms with Crippen LogP contribution in [0.3, 0.4) is 0 Å². The molecular weight excluding hydrogens is 156 g/mol. The van der Waals surface area contributed by atoms with E-state index in [-0.39, 0.29) is 4.87 Å². The van der Waals surface area contributed by atoms with Gasteiger partial charge < -0.3 is 0 Å². The van der Waals surface area contributed by atoms with Gasteiger partial charge in [-0.25, -0.2) is 0 Å². The lowest BCUT2D eigenvalue weighted by molar-refractivity contribution is 0.576. The molecule has 1 aliphatic carbocycles. The minimum Gasteiger partial charge on any atom is -0.254 e. The molecule has 11 heavy (non-hydrogen) atoms. The normalized spacial score (nSPS) is 20.3. The standard InChI is InChI=1S/C8H12N2S/c1-6-5-7(2)10(9-6)8(11)3-4-8/h5,11H,3-4H2,1-2H3. The van der Waals surface area contributed by atoms with Crippen molar-refractivity contribution in [2.75, 3.05) is 0 Å². The maximum absolute atomic E-state index is 4.54. The molecule has 60 valence electrons. The van der Waals surface area contributed by atoms with E-state index >= 15 is 0 Å². The SMILES string of the molecule is Cc1cc(C)n(C2(S)CC2)n1. The quantitative estimate of drug-likeness (QED) is 0.634. The van der Waals surface area contributed by atoms with Gasteiger partial charge in [-0.2, -0.15) is 5.10 Å². The van der Waals surface area contributed by atoms with Gasteiger partial charge in [-0.05, 0) is 32.8 Å². The lowest BCUT2D eigenvalue weighted by Crippen LogP contribution is -2.12. The molecule has 0 saturated heterocycles. The molecule has 0 unspecified atom stereocenters. The van der Waals surface area contributed by atoms with Gasteiger partial charge >= 0.3 is 0 Å². The van der Waals surface area contributed by atoms with Crippen molar-refractivity contribution in [3.05, 3.63) is 17.5 Å². The summed E-state index contributed by atoms with van der Waals surface area (Å²) in [5.41, 5.74) is 2.30. The van der Waals surface area contributed by atoms with Crippen LogP contribution in [0.15, 0.2) is 6.07 Å².